The fraction of sp³-hybridized carbons (Fsp3) is 0.0588. The van der Waals surface area contributed by atoms with Crippen molar-refractivity contribution in [1.82, 2.24) is 9.55 Å². The van der Waals surface area contributed by atoms with Gasteiger partial charge in [0.05, 0.1) is 21.4 Å². The number of para-hydroxylation sites is 1. The summed E-state index contributed by atoms with van der Waals surface area (Å²) in [6, 6.07) is 9.52. The van der Waals surface area contributed by atoms with Crippen LogP contribution in [0.25, 0.3) is 0 Å². The Kier molecular flexibility index (Phi) is 7.21. The molecule has 9 heteroatoms. The summed E-state index contributed by atoms with van der Waals surface area (Å²) in [5, 5.41) is 1.22. The van der Waals surface area contributed by atoms with Crippen LogP contribution in [0.5, 0.6) is 5.75 Å². The van der Waals surface area contributed by atoms with Gasteiger partial charge in [0.15, 0.2) is 5.75 Å². The van der Waals surface area contributed by atoms with E-state index in [0.29, 0.717) is 5.02 Å². The molecule has 0 saturated carbocycles. The number of carbonyl (C=O) groups excluding carboxylic acids is 1. The number of ether oxygens (including phenoxy) is 1. The molecular weight excluding hydrogens is 441 g/mol. The minimum Gasteiger partial charge on any atom is -0.459 e. The van der Waals surface area contributed by atoms with E-state index in [2.05, 4.69) is 4.98 Å². The largest absolute Gasteiger partial charge is 0.459 e. The second-order valence-electron chi connectivity index (χ2n) is 5.02. The Balaban J connectivity index is 0.00000243. The van der Waals surface area contributed by atoms with Gasteiger partial charge in [0, 0.05) is 23.0 Å². The van der Waals surface area contributed by atoms with Crippen molar-refractivity contribution in [3.8, 4) is 5.75 Å². The van der Waals surface area contributed by atoms with Gasteiger partial charge in [-0.05, 0) is 30.3 Å². The lowest BCUT2D eigenvalue weighted by Gasteiger charge is -2.21. The Morgan fingerprint density at radius 2 is 1.73 bits per heavy atom. The summed E-state index contributed by atoms with van der Waals surface area (Å²) in [5.74, 6) is -0.196. The zero-order valence-electron chi connectivity index (χ0n) is 12.9. The fourth-order valence-electron chi connectivity index (χ4n) is 2.19. The molecule has 1 unspecified atom stereocenters. The number of aromatic nitrogens is 2. The van der Waals surface area contributed by atoms with Crippen molar-refractivity contribution in [3.05, 3.63) is 80.8 Å². The van der Waals surface area contributed by atoms with Crippen LogP contribution in [-0.2, 0) is 0 Å². The third-order valence-electron chi connectivity index (χ3n) is 3.36. The normalized spacial score (nSPS) is 11.5. The Morgan fingerprint density at radius 3 is 2.31 bits per heavy atom. The van der Waals surface area contributed by atoms with E-state index < -0.39 is 12.0 Å². The molecule has 3 rings (SSSR count). The summed E-state index contributed by atoms with van der Waals surface area (Å²) in [6.45, 7) is 0. The van der Waals surface area contributed by atoms with Crippen molar-refractivity contribution < 1.29 is 9.53 Å². The van der Waals surface area contributed by atoms with Crippen LogP contribution in [0.1, 0.15) is 16.6 Å². The van der Waals surface area contributed by atoms with Crippen LogP contribution in [0.15, 0.2) is 55.1 Å². The maximum Gasteiger partial charge on any atom is 0.241 e. The highest BCUT2D eigenvalue weighted by Gasteiger charge is 2.27. The number of hydrogen-bond acceptors (Lipinski definition) is 3. The molecule has 1 aromatic heterocycles. The second-order valence-corrected chi connectivity index (χ2v) is 6.68. The molecule has 0 bridgehead atoms. The van der Waals surface area contributed by atoms with Crippen molar-refractivity contribution in [2.75, 3.05) is 0 Å². The first-order chi connectivity index (χ1) is 12.0. The van der Waals surface area contributed by atoms with Crippen molar-refractivity contribution >= 4 is 64.6 Å². The third kappa shape index (κ3) is 4.45. The van der Waals surface area contributed by atoms with Gasteiger partial charge in [0.1, 0.15) is 0 Å². The molecule has 3 aromatic rings. The molecule has 4 nitrogen and oxygen atoms in total. The smallest absolute Gasteiger partial charge is 0.241 e. The Labute approximate surface area is 176 Å². The quantitative estimate of drug-likeness (QED) is 0.422. The summed E-state index contributed by atoms with van der Waals surface area (Å²) < 4.78 is 7.33. The van der Waals surface area contributed by atoms with Crippen LogP contribution in [0, 0.1) is 0 Å². The van der Waals surface area contributed by atoms with Gasteiger partial charge in [-0.25, -0.2) is 4.98 Å². The Bertz CT molecular complexity index is 895. The Hall–Kier alpha value is -1.43. The van der Waals surface area contributed by atoms with Crippen molar-refractivity contribution in [2.24, 2.45) is 0 Å². The van der Waals surface area contributed by atoms with E-state index in [-0.39, 0.29) is 38.8 Å². The van der Waals surface area contributed by atoms with E-state index in [1.54, 1.807) is 30.5 Å². The summed E-state index contributed by atoms with van der Waals surface area (Å²) >= 11 is 24.3. The van der Waals surface area contributed by atoms with E-state index >= 15 is 0 Å². The zero-order chi connectivity index (χ0) is 18.0. The van der Waals surface area contributed by atoms with E-state index in [1.807, 2.05) is 0 Å². The van der Waals surface area contributed by atoms with Gasteiger partial charge in [-0.15, -0.1) is 12.4 Å². The van der Waals surface area contributed by atoms with Crippen molar-refractivity contribution in [2.45, 2.75) is 6.23 Å². The van der Waals surface area contributed by atoms with Crippen LogP contribution in [0.3, 0.4) is 0 Å². The fourth-order valence-corrected chi connectivity index (χ4v) is 3.18. The summed E-state index contributed by atoms with van der Waals surface area (Å²) in [5.41, 5.74) is 0.257. The molecule has 0 radical (unpaired) electrons. The number of benzene rings is 2. The van der Waals surface area contributed by atoms with Gasteiger partial charge in [-0.2, -0.15) is 0 Å². The molecule has 136 valence electrons. The molecule has 26 heavy (non-hydrogen) atoms. The van der Waals surface area contributed by atoms with E-state index in [0.717, 1.165) is 0 Å². The molecule has 0 saturated heterocycles. The molecule has 1 heterocycles. The van der Waals surface area contributed by atoms with Crippen LogP contribution >= 0.6 is 58.8 Å². The van der Waals surface area contributed by atoms with Crippen molar-refractivity contribution in [1.29, 1.82) is 0 Å². The zero-order valence-corrected chi connectivity index (χ0v) is 16.7. The second kappa shape index (κ2) is 8.98. The van der Waals surface area contributed by atoms with Gasteiger partial charge in [-0.1, -0.05) is 52.5 Å². The lowest BCUT2D eigenvalue weighted by Crippen LogP contribution is -2.25. The number of imidazole rings is 1. The lowest BCUT2D eigenvalue weighted by molar-refractivity contribution is 0.0654. The average Bonchev–Trinajstić information content (AvgIpc) is 3.08. The van der Waals surface area contributed by atoms with Gasteiger partial charge in [0.25, 0.3) is 0 Å². The van der Waals surface area contributed by atoms with E-state index in [4.69, 9.17) is 51.1 Å². The molecule has 0 N–H and O–H groups in total. The molecule has 0 aliphatic carbocycles. The number of ketones is 1. The number of halogens is 5. The van der Waals surface area contributed by atoms with Gasteiger partial charge in [0.2, 0.25) is 12.0 Å². The molecular formula is C17H11Cl5N2O2. The highest BCUT2D eigenvalue weighted by molar-refractivity contribution is 6.37. The molecule has 0 spiro atoms. The van der Waals surface area contributed by atoms with Crippen LogP contribution < -0.4 is 4.74 Å². The SMILES string of the molecule is Cl.O=C(c1ccc(Cl)cc1Cl)C(Oc1c(Cl)cccc1Cl)n1ccnc1. The highest BCUT2D eigenvalue weighted by atomic mass is 35.5. The summed E-state index contributed by atoms with van der Waals surface area (Å²) in [7, 11) is 0. The number of Topliss-reactive ketones (excluding diaryl/α,β-unsaturated/α-hetero) is 1. The first-order valence-electron chi connectivity index (χ1n) is 7.04. The molecule has 0 aliphatic heterocycles. The molecule has 0 fully saturated rings. The topological polar surface area (TPSA) is 44.1 Å². The highest BCUT2D eigenvalue weighted by Crippen LogP contribution is 2.36. The van der Waals surface area contributed by atoms with Crippen LogP contribution in [-0.4, -0.2) is 15.3 Å². The molecule has 0 aliphatic rings. The van der Waals surface area contributed by atoms with Crippen molar-refractivity contribution in [3.63, 3.8) is 0 Å². The number of hydrogen-bond donors (Lipinski definition) is 0. The standard InChI is InChI=1S/C17H10Cl4N2O2.ClH/c18-10-4-5-11(14(21)8-10)15(24)17(23-7-6-22-9-23)25-16-12(19)2-1-3-13(16)20;/h1-9,17H;1H. The Morgan fingerprint density at radius 1 is 1.04 bits per heavy atom. The molecule has 0 amide bonds. The third-order valence-corrected chi connectivity index (χ3v) is 4.51. The van der Waals surface area contributed by atoms with Gasteiger partial charge in [-0.3, -0.25) is 9.36 Å². The number of nitrogens with zero attached hydrogens (tertiary/aromatic N) is 2. The predicted octanol–water partition coefficient (Wildman–Crippen LogP) is 6.38. The number of carbonyl (C=O) groups is 1. The van der Waals surface area contributed by atoms with E-state index in [9.17, 15) is 4.79 Å². The van der Waals surface area contributed by atoms with Crippen LogP contribution in [0.2, 0.25) is 20.1 Å². The maximum absolute atomic E-state index is 13.0. The van der Waals surface area contributed by atoms with E-state index in [1.165, 1.54) is 29.2 Å². The van der Waals surface area contributed by atoms with Gasteiger partial charge < -0.3 is 4.74 Å². The predicted molar refractivity (Wildman–Crippen MR) is 106 cm³/mol. The monoisotopic (exact) mass is 450 g/mol. The minimum atomic E-state index is -1.08. The molecule has 2 aromatic carbocycles. The maximum atomic E-state index is 13.0. The first-order valence-corrected chi connectivity index (χ1v) is 8.56. The molecule has 1 atom stereocenters. The average molecular weight is 453 g/mol. The first kappa shape index (κ1) is 20.9. The van der Waals surface area contributed by atoms with Gasteiger partial charge >= 0.3 is 0 Å². The van der Waals surface area contributed by atoms with Crippen LogP contribution in [0.4, 0.5) is 0 Å². The lowest BCUT2D eigenvalue weighted by atomic mass is 10.1. The number of rotatable bonds is 5. The summed E-state index contributed by atoms with van der Waals surface area (Å²) in [6.07, 6.45) is 3.49. The minimum absolute atomic E-state index is 0. The summed E-state index contributed by atoms with van der Waals surface area (Å²) in [4.78, 5) is 17.0.